The number of halogens is 1. The van der Waals surface area contributed by atoms with Crippen molar-refractivity contribution in [1.82, 2.24) is 19.5 Å². The number of nitrogens with one attached hydrogen (secondary N) is 1. The summed E-state index contributed by atoms with van der Waals surface area (Å²) in [5.74, 6) is 5.81. The second-order valence-corrected chi connectivity index (χ2v) is 4.47. The smallest absolute Gasteiger partial charge is 0.226 e. The highest BCUT2D eigenvalue weighted by atomic mass is 35.5. The molecule has 2 aromatic heterocycles. The topological polar surface area (TPSA) is 90.9 Å². The Kier molecular flexibility index (Phi) is 3.02. The fraction of sp³-hybridized carbons (Fsp3) is 0.500. The van der Waals surface area contributed by atoms with E-state index in [0.717, 1.165) is 25.9 Å². The number of ether oxygens (including phenoxy) is 1. The van der Waals surface area contributed by atoms with E-state index in [1.54, 1.807) is 6.33 Å². The van der Waals surface area contributed by atoms with Crippen LogP contribution in [0.4, 0.5) is 5.82 Å². The van der Waals surface area contributed by atoms with Gasteiger partial charge in [-0.1, -0.05) is 0 Å². The third kappa shape index (κ3) is 1.90. The lowest BCUT2D eigenvalue weighted by molar-refractivity contribution is -0.0298. The molecule has 8 heteroatoms. The van der Waals surface area contributed by atoms with Crippen molar-refractivity contribution in [3.8, 4) is 0 Å². The first kappa shape index (κ1) is 11.6. The summed E-state index contributed by atoms with van der Waals surface area (Å²) in [4.78, 5) is 12.4. The zero-order valence-corrected chi connectivity index (χ0v) is 10.4. The van der Waals surface area contributed by atoms with E-state index in [0.29, 0.717) is 17.0 Å². The molecule has 0 aromatic carbocycles. The molecule has 0 saturated carbocycles. The van der Waals surface area contributed by atoms with E-state index in [-0.39, 0.29) is 11.5 Å². The summed E-state index contributed by atoms with van der Waals surface area (Å²) >= 11 is 5.87. The molecule has 1 aliphatic rings. The maximum absolute atomic E-state index is 5.87. The molecule has 0 bridgehead atoms. The molecule has 1 saturated heterocycles. The van der Waals surface area contributed by atoms with Gasteiger partial charge in [-0.2, -0.15) is 9.97 Å². The number of hydrazine groups is 1. The maximum atomic E-state index is 5.87. The maximum Gasteiger partial charge on any atom is 0.226 e. The average molecular weight is 269 g/mol. The van der Waals surface area contributed by atoms with E-state index in [1.807, 2.05) is 4.57 Å². The fourth-order valence-electron chi connectivity index (χ4n) is 2.14. The van der Waals surface area contributed by atoms with Crippen LogP contribution in [0.3, 0.4) is 0 Å². The van der Waals surface area contributed by atoms with Crippen LogP contribution in [0.25, 0.3) is 11.2 Å². The number of rotatable bonds is 2. The van der Waals surface area contributed by atoms with Crippen molar-refractivity contribution >= 4 is 28.6 Å². The summed E-state index contributed by atoms with van der Waals surface area (Å²) in [7, 11) is 0. The van der Waals surface area contributed by atoms with Crippen LogP contribution in [0.1, 0.15) is 25.5 Å². The van der Waals surface area contributed by atoms with Crippen molar-refractivity contribution in [2.24, 2.45) is 5.84 Å². The molecule has 96 valence electrons. The number of anilines is 1. The summed E-state index contributed by atoms with van der Waals surface area (Å²) in [6.07, 6.45) is 4.81. The minimum atomic E-state index is -0.0414. The Balaban J connectivity index is 2.10. The van der Waals surface area contributed by atoms with Crippen LogP contribution in [-0.2, 0) is 4.74 Å². The molecule has 1 aliphatic heterocycles. The van der Waals surface area contributed by atoms with Crippen LogP contribution in [0.2, 0.25) is 5.28 Å². The predicted octanol–water partition coefficient (Wildman–Crippen LogP) is 1.46. The fourth-order valence-corrected chi connectivity index (χ4v) is 2.31. The Hall–Kier alpha value is -1.44. The van der Waals surface area contributed by atoms with Gasteiger partial charge in [0.1, 0.15) is 6.23 Å². The van der Waals surface area contributed by atoms with Crippen LogP contribution < -0.4 is 11.3 Å². The highest BCUT2D eigenvalue weighted by Crippen LogP contribution is 2.28. The van der Waals surface area contributed by atoms with Crippen molar-refractivity contribution in [3.63, 3.8) is 0 Å². The minimum Gasteiger partial charge on any atom is -0.358 e. The van der Waals surface area contributed by atoms with Crippen molar-refractivity contribution in [2.75, 3.05) is 12.0 Å². The molecule has 1 fully saturated rings. The third-order valence-electron chi connectivity index (χ3n) is 3.00. The monoisotopic (exact) mass is 268 g/mol. The van der Waals surface area contributed by atoms with Crippen molar-refractivity contribution in [2.45, 2.75) is 25.5 Å². The summed E-state index contributed by atoms with van der Waals surface area (Å²) in [6, 6.07) is 0. The number of fused-ring (bicyclic) bond motifs is 1. The Morgan fingerprint density at radius 1 is 1.44 bits per heavy atom. The van der Waals surface area contributed by atoms with E-state index in [2.05, 4.69) is 20.4 Å². The Morgan fingerprint density at radius 3 is 3.06 bits per heavy atom. The molecule has 0 spiro atoms. The molecule has 3 N–H and O–H groups in total. The van der Waals surface area contributed by atoms with Crippen molar-refractivity contribution in [3.05, 3.63) is 11.6 Å². The Bertz CT molecular complexity index is 565. The lowest BCUT2D eigenvalue weighted by atomic mass is 10.2. The van der Waals surface area contributed by atoms with Gasteiger partial charge in [0.15, 0.2) is 17.0 Å². The first-order valence-electron chi connectivity index (χ1n) is 5.78. The van der Waals surface area contributed by atoms with Gasteiger partial charge >= 0.3 is 0 Å². The van der Waals surface area contributed by atoms with E-state index in [1.165, 1.54) is 0 Å². The second-order valence-electron chi connectivity index (χ2n) is 4.13. The van der Waals surface area contributed by atoms with Gasteiger partial charge in [-0.05, 0) is 30.9 Å². The Labute approximate surface area is 108 Å². The lowest BCUT2D eigenvalue weighted by Gasteiger charge is -2.23. The SMILES string of the molecule is NNc1nc(Cl)nc2c1ncn2C1CCCCO1. The molecule has 0 radical (unpaired) electrons. The number of imidazole rings is 1. The molecule has 18 heavy (non-hydrogen) atoms. The Morgan fingerprint density at radius 2 is 2.33 bits per heavy atom. The van der Waals surface area contributed by atoms with Crippen LogP contribution in [-0.4, -0.2) is 26.1 Å². The molecule has 0 amide bonds. The van der Waals surface area contributed by atoms with Gasteiger partial charge in [-0.3, -0.25) is 4.57 Å². The number of nitrogens with two attached hydrogens (primary N) is 1. The molecule has 3 heterocycles. The quantitative estimate of drug-likeness (QED) is 0.487. The summed E-state index contributed by atoms with van der Waals surface area (Å²) < 4.78 is 7.59. The lowest BCUT2D eigenvalue weighted by Crippen LogP contribution is -2.18. The molecule has 0 aliphatic carbocycles. The van der Waals surface area contributed by atoms with E-state index >= 15 is 0 Å². The highest BCUT2D eigenvalue weighted by molar-refractivity contribution is 6.28. The molecule has 1 atom stereocenters. The van der Waals surface area contributed by atoms with Gasteiger partial charge in [0.2, 0.25) is 5.28 Å². The number of hydrogen-bond acceptors (Lipinski definition) is 6. The van der Waals surface area contributed by atoms with Crippen molar-refractivity contribution < 1.29 is 4.74 Å². The van der Waals surface area contributed by atoms with Gasteiger partial charge in [0, 0.05) is 6.61 Å². The average Bonchev–Trinajstić information content (AvgIpc) is 2.82. The zero-order valence-electron chi connectivity index (χ0n) is 9.64. The minimum absolute atomic E-state index is 0.0414. The summed E-state index contributed by atoms with van der Waals surface area (Å²) in [5, 5.41) is 0.132. The first-order valence-corrected chi connectivity index (χ1v) is 6.15. The number of nitrogens with zero attached hydrogens (tertiary/aromatic N) is 4. The number of aromatic nitrogens is 4. The van der Waals surface area contributed by atoms with Gasteiger partial charge in [0.05, 0.1) is 6.33 Å². The van der Waals surface area contributed by atoms with E-state index < -0.39 is 0 Å². The molecular formula is C10H13ClN6O. The summed E-state index contributed by atoms with van der Waals surface area (Å²) in [5.41, 5.74) is 3.70. The molecule has 1 unspecified atom stereocenters. The second kappa shape index (κ2) is 4.68. The predicted molar refractivity (Wildman–Crippen MR) is 67.0 cm³/mol. The molecule has 7 nitrogen and oxygen atoms in total. The normalized spacial score (nSPS) is 20.2. The van der Waals surface area contributed by atoms with Crippen LogP contribution in [0.5, 0.6) is 0 Å². The first-order chi connectivity index (χ1) is 8.79. The number of hydrogen-bond donors (Lipinski definition) is 2. The van der Waals surface area contributed by atoms with Gasteiger partial charge < -0.3 is 10.2 Å². The van der Waals surface area contributed by atoms with Crippen molar-refractivity contribution in [1.29, 1.82) is 0 Å². The molecular weight excluding hydrogens is 256 g/mol. The van der Waals surface area contributed by atoms with Gasteiger partial charge in [-0.15, -0.1) is 0 Å². The molecule has 3 rings (SSSR count). The van der Waals surface area contributed by atoms with E-state index in [9.17, 15) is 0 Å². The van der Waals surface area contributed by atoms with Gasteiger partial charge in [0.25, 0.3) is 0 Å². The number of nitrogen functional groups attached to an aromatic ring is 1. The molecule has 2 aromatic rings. The largest absolute Gasteiger partial charge is 0.358 e. The summed E-state index contributed by atoms with van der Waals surface area (Å²) in [6.45, 7) is 0.755. The zero-order chi connectivity index (χ0) is 12.5. The highest BCUT2D eigenvalue weighted by Gasteiger charge is 2.20. The third-order valence-corrected chi connectivity index (χ3v) is 3.17. The van der Waals surface area contributed by atoms with Crippen LogP contribution in [0.15, 0.2) is 6.33 Å². The van der Waals surface area contributed by atoms with E-state index in [4.69, 9.17) is 22.2 Å². The van der Waals surface area contributed by atoms with Gasteiger partial charge in [-0.25, -0.2) is 10.8 Å². The standard InChI is InChI=1S/C10H13ClN6O/c11-10-14-8(16-12)7-9(15-10)17(5-13-7)6-3-1-2-4-18-6/h5-6H,1-4,12H2,(H,14,15,16). The van der Waals surface area contributed by atoms with Crippen LogP contribution >= 0.6 is 11.6 Å². The van der Waals surface area contributed by atoms with Crippen LogP contribution in [0, 0.1) is 0 Å².